The Labute approximate surface area is 120 Å². The van der Waals surface area contributed by atoms with Crippen LogP contribution in [-0.4, -0.2) is 45.4 Å². The van der Waals surface area contributed by atoms with Gasteiger partial charge in [0.25, 0.3) is 0 Å². The highest BCUT2D eigenvalue weighted by Crippen LogP contribution is 2.02. The first-order valence-electron chi connectivity index (χ1n) is 5.86. The fourth-order valence-electron chi connectivity index (χ4n) is 1.02. The third-order valence-corrected chi connectivity index (χ3v) is 2.20. The van der Waals surface area contributed by atoms with E-state index in [9.17, 15) is 4.79 Å². The zero-order valence-electron chi connectivity index (χ0n) is 11.3. The Kier molecular flexibility index (Phi) is 8.35. The Balaban J connectivity index is 0.000000567. The van der Waals surface area contributed by atoms with Crippen LogP contribution in [0.5, 0.6) is 0 Å². The number of esters is 1. The van der Waals surface area contributed by atoms with E-state index in [2.05, 4.69) is 0 Å². The van der Waals surface area contributed by atoms with Gasteiger partial charge in [0.1, 0.15) is 12.6 Å². The molecule has 1 rings (SSSR count). The number of hydrogen-bond donors (Lipinski definition) is 4. The number of carbonyl (C=O) groups excluding carboxylic acids is 1. The molecule has 0 aromatic heterocycles. The fraction of sp³-hybridized carbons (Fsp3) is 0.308. The normalized spacial score (nSPS) is 12.3. The molecule has 21 heavy (non-hydrogen) atoms. The lowest BCUT2D eigenvalue weighted by Crippen LogP contribution is -2.41. The minimum atomic E-state index is -1.82. The molecule has 1 aromatic rings. The summed E-state index contributed by atoms with van der Waals surface area (Å²) in [7, 11) is 0. The van der Waals surface area contributed by atoms with Crippen molar-refractivity contribution < 1.29 is 34.4 Å². The molecule has 0 heterocycles. The largest absolute Gasteiger partial charge is 0.473 e. The molecule has 1 aromatic carbocycles. The lowest BCUT2D eigenvalue weighted by atomic mass is 10.2. The number of benzene rings is 1. The number of ether oxygens (including phenoxy) is 1. The van der Waals surface area contributed by atoms with Crippen LogP contribution in [0.2, 0.25) is 0 Å². The second kappa shape index (κ2) is 9.45. The Hall–Kier alpha value is -2.45. The topological polar surface area (TPSA) is 147 Å². The first-order chi connectivity index (χ1) is 9.75. The first-order valence-corrected chi connectivity index (χ1v) is 5.86. The molecule has 2 atom stereocenters. The molecule has 2 unspecified atom stereocenters. The lowest BCUT2D eigenvalue weighted by Gasteiger charge is -2.13. The Morgan fingerprint density at radius 3 is 2.00 bits per heavy atom. The predicted octanol–water partition coefficient (Wildman–Crippen LogP) is -0.407. The van der Waals surface area contributed by atoms with Crippen molar-refractivity contribution in [2.24, 2.45) is 5.73 Å². The van der Waals surface area contributed by atoms with E-state index in [1.54, 1.807) is 0 Å². The molecule has 8 nitrogen and oxygen atoms in total. The Morgan fingerprint density at radius 2 is 1.62 bits per heavy atom. The monoisotopic (exact) mass is 299 g/mol. The van der Waals surface area contributed by atoms with Gasteiger partial charge in [0.2, 0.25) is 0 Å². The van der Waals surface area contributed by atoms with Gasteiger partial charge in [-0.1, -0.05) is 30.3 Å². The second-order valence-electron chi connectivity index (χ2n) is 3.97. The van der Waals surface area contributed by atoms with Gasteiger partial charge in [0.15, 0.2) is 0 Å². The molecule has 0 radical (unpaired) electrons. The van der Waals surface area contributed by atoms with Gasteiger partial charge in [-0.2, -0.15) is 0 Å². The van der Waals surface area contributed by atoms with Crippen LogP contribution in [0.3, 0.4) is 0 Å². The molecule has 8 heteroatoms. The summed E-state index contributed by atoms with van der Waals surface area (Å²) in [4.78, 5) is 29.4. The minimum absolute atomic E-state index is 0.181. The summed E-state index contributed by atoms with van der Waals surface area (Å²) in [5.74, 6) is -4.24. The number of nitrogens with two attached hydrogens (primary N) is 1. The first kappa shape index (κ1) is 18.6. The molecular weight excluding hydrogens is 282 g/mol. The fourth-order valence-corrected chi connectivity index (χ4v) is 1.02. The van der Waals surface area contributed by atoms with Gasteiger partial charge in [0, 0.05) is 0 Å². The SMILES string of the molecule is CC(O)C(N)C(=O)OCc1ccccc1.O=C(O)C(=O)O. The van der Waals surface area contributed by atoms with Gasteiger partial charge in [-0.05, 0) is 12.5 Å². The molecule has 0 aliphatic rings. The van der Waals surface area contributed by atoms with Crippen LogP contribution in [-0.2, 0) is 25.7 Å². The Morgan fingerprint density at radius 1 is 1.14 bits per heavy atom. The number of rotatable bonds is 4. The third-order valence-electron chi connectivity index (χ3n) is 2.20. The van der Waals surface area contributed by atoms with Gasteiger partial charge < -0.3 is 25.8 Å². The summed E-state index contributed by atoms with van der Waals surface area (Å²) in [6.45, 7) is 1.63. The average molecular weight is 299 g/mol. The summed E-state index contributed by atoms with van der Waals surface area (Å²) in [6, 6.07) is 8.32. The van der Waals surface area contributed by atoms with E-state index in [1.807, 2.05) is 30.3 Å². The van der Waals surface area contributed by atoms with Gasteiger partial charge in [-0.15, -0.1) is 0 Å². The van der Waals surface area contributed by atoms with E-state index in [0.717, 1.165) is 5.56 Å². The van der Waals surface area contributed by atoms with Crippen LogP contribution >= 0.6 is 0 Å². The summed E-state index contributed by atoms with van der Waals surface area (Å²) in [5, 5.41) is 23.8. The summed E-state index contributed by atoms with van der Waals surface area (Å²) < 4.78 is 4.93. The molecular formula is C13H17NO7. The average Bonchev–Trinajstić information content (AvgIpc) is 2.45. The van der Waals surface area contributed by atoms with Gasteiger partial charge >= 0.3 is 17.9 Å². The van der Waals surface area contributed by atoms with Crippen LogP contribution < -0.4 is 5.73 Å². The number of carbonyl (C=O) groups is 3. The van der Waals surface area contributed by atoms with E-state index in [4.69, 9.17) is 35.4 Å². The zero-order chi connectivity index (χ0) is 16.4. The maximum absolute atomic E-state index is 11.3. The van der Waals surface area contributed by atoms with Crippen molar-refractivity contribution in [3.63, 3.8) is 0 Å². The Bertz CT molecular complexity index is 461. The molecule has 0 spiro atoms. The van der Waals surface area contributed by atoms with Crippen molar-refractivity contribution in [3.05, 3.63) is 35.9 Å². The molecule has 0 bridgehead atoms. The van der Waals surface area contributed by atoms with Crippen LogP contribution in [0.25, 0.3) is 0 Å². The maximum atomic E-state index is 11.3. The molecule has 0 amide bonds. The molecule has 116 valence electrons. The van der Waals surface area contributed by atoms with E-state index in [-0.39, 0.29) is 6.61 Å². The maximum Gasteiger partial charge on any atom is 0.414 e. The zero-order valence-corrected chi connectivity index (χ0v) is 11.3. The van der Waals surface area contributed by atoms with Crippen molar-refractivity contribution in [1.29, 1.82) is 0 Å². The van der Waals surface area contributed by atoms with Crippen LogP contribution in [0.4, 0.5) is 0 Å². The number of carboxylic acid groups (broad SMARTS) is 2. The lowest BCUT2D eigenvalue weighted by molar-refractivity contribution is -0.159. The van der Waals surface area contributed by atoms with Crippen LogP contribution in [0, 0.1) is 0 Å². The minimum Gasteiger partial charge on any atom is -0.473 e. The number of aliphatic hydroxyl groups excluding tert-OH is 1. The highest BCUT2D eigenvalue weighted by molar-refractivity contribution is 6.27. The summed E-state index contributed by atoms with van der Waals surface area (Å²) >= 11 is 0. The van der Waals surface area contributed by atoms with Crippen molar-refractivity contribution in [3.8, 4) is 0 Å². The van der Waals surface area contributed by atoms with Gasteiger partial charge in [0.05, 0.1) is 6.10 Å². The van der Waals surface area contributed by atoms with Gasteiger partial charge in [-0.25, -0.2) is 9.59 Å². The van der Waals surface area contributed by atoms with Crippen LogP contribution in [0.1, 0.15) is 12.5 Å². The van der Waals surface area contributed by atoms with Crippen molar-refractivity contribution in [2.75, 3.05) is 0 Å². The van der Waals surface area contributed by atoms with E-state index < -0.39 is 30.1 Å². The van der Waals surface area contributed by atoms with Gasteiger partial charge in [-0.3, -0.25) is 4.79 Å². The van der Waals surface area contributed by atoms with Crippen LogP contribution in [0.15, 0.2) is 30.3 Å². The molecule has 0 saturated heterocycles. The number of carboxylic acids is 2. The predicted molar refractivity (Wildman–Crippen MR) is 71.2 cm³/mol. The van der Waals surface area contributed by atoms with Crippen molar-refractivity contribution >= 4 is 17.9 Å². The summed E-state index contributed by atoms with van der Waals surface area (Å²) in [6.07, 6.45) is -0.895. The second-order valence-corrected chi connectivity index (χ2v) is 3.97. The molecule has 0 aliphatic heterocycles. The van der Waals surface area contributed by atoms with E-state index in [0.29, 0.717) is 0 Å². The highest BCUT2D eigenvalue weighted by Gasteiger charge is 2.19. The van der Waals surface area contributed by atoms with Crippen molar-refractivity contribution in [2.45, 2.75) is 25.7 Å². The quantitative estimate of drug-likeness (QED) is 0.433. The van der Waals surface area contributed by atoms with E-state index >= 15 is 0 Å². The van der Waals surface area contributed by atoms with E-state index in [1.165, 1.54) is 6.92 Å². The number of aliphatic hydroxyl groups is 1. The smallest absolute Gasteiger partial charge is 0.414 e. The molecule has 0 saturated carbocycles. The third kappa shape index (κ3) is 8.35. The summed E-state index contributed by atoms with van der Waals surface area (Å²) in [5.41, 5.74) is 6.29. The highest BCUT2D eigenvalue weighted by atomic mass is 16.5. The standard InChI is InChI=1S/C11H15NO3.C2H2O4/c1-8(13)10(12)11(14)15-7-9-5-3-2-4-6-9;3-1(4)2(5)6/h2-6,8,10,13H,7,12H2,1H3;(H,3,4)(H,5,6). The molecule has 0 aliphatic carbocycles. The number of aliphatic carboxylic acids is 2. The number of hydrogen-bond acceptors (Lipinski definition) is 6. The van der Waals surface area contributed by atoms with Crippen molar-refractivity contribution in [1.82, 2.24) is 0 Å². The molecule has 0 fully saturated rings. The molecule has 5 N–H and O–H groups in total.